The van der Waals surface area contributed by atoms with Crippen molar-refractivity contribution >= 4 is 0 Å². The Morgan fingerprint density at radius 2 is 1.81 bits per heavy atom. The number of hydrogen-bond acceptors (Lipinski definition) is 2. The third-order valence-electron chi connectivity index (χ3n) is 2.27. The summed E-state index contributed by atoms with van der Waals surface area (Å²) in [5.74, 6) is -0.467. The van der Waals surface area contributed by atoms with Crippen LogP contribution in [0.15, 0.2) is 47.4 Å². The molecule has 0 amide bonds. The van der Waals surface area contributed by atoms with Gasteiger partial charge >= 0.3 is 0 Å². The number of aliphatic hydroxyl groups excluding tert-OH is 1. The molecule has 0 radical (unpaired) electrons. The topological polar surface area (TPSA) is 42.2 Å². The minimum absolute atomic E-state index is 0.0572. The van der Waals surface area contributed by atoms with Crippen LogP contribution in [0, 0.1) is 5.82 Å². The van der Waals surface area contributed by atoms with Crippen LogP contribution in [0.1, 0.15) is 5.56 Å². The van der Waals surface area contributed by atoms with Crippen LogP contribution < -0.4 is 5.56 Å². The van der Waals surface area contributed by atoms with E-state index < -0.39 is 5.82 Å². The molecule has 0 saturated carbocycles. The molecule has 0 fully saturated rings. The molecule has 0 saturated heterocycles. The Morgan fingerprint density at radius 1 is 1.12 bits per heavy atom. The molecule has 1 heterocycles. The van der Waals surface area contributed by atoms with Crippen LogP contribution in [-0.2, 0) is 6.61 Å². The van der Waals surface area contributed by atoms with E-state index in [9.17, 15) is 9.18 Å². The van der Waals surface area contributed by atoms with E-state index in [1.54, 1.807) is 24.3 Å². The van der Waals surface area contributed by atoms with Crippen LogP contribution in [0.25, 0.3) is 5.69 Å². The third-order valence-corrected chi connectivity index (χ3v) is 2.27. The largest absolute Gasteiger partial charge is 0.392 e. The fourth-order valence-corrected chi connectivity index (χ4v) is 1.42. The smallest absolute Gasteiger partial charge is 0.255 e. The molecule has 82 valence electrons. The zero-order valence-corrected chi connectivity index (χ0v) is 8.43. The number of halogens is 1. The second-order valence-electron chi connectivity index (χ2n) is 3.38. The van der Waals surface area contributed by atoms with E-state index in [0.29, 0.717) is 5.69 Å². The second kappa shape index (κ2) is 4.28. The number of nitrogens with zero attached hydrogens (tertiary/aromatic N) is 1. The summed E-state index contributed by atoms with van der Waals surface area (Å²) >= 11 is 0. The molecular weight excluding hydrogens is 209 g/mol. The van der Waals surface area contributed by atoms with E-state index >= 15 is 0 Å². The summed E-state index contributed by atoms with van der Waals surface area (Å²) in [6, 6.07) is 8.99. The van der Waals surface area contributed by atoms with Gasteiger partial charge in [-0.1, -0.05) is 12.1 Å². The minimum atomic E-state index is -0.467. The summed E-state index contributed by atoms with van der Waals surface area (Å²) in [5.41, 5.74) is 1.02. The molecule has 0 atom stereocenters. The maximum absolute atomic E-state index is 13.0. The molecule has 1 aromatic heterocycles. The molecule has 2 rings (SSSR count). The minimum Gasteiger partial charge on any atom is -0.392 e. The third kappa shape index (κ3) is 2.01. The van der Waals surface area contributed by atoms with Crippen molar-refractivity contribution in [2.45, 2.75) is 6.61 Å². The number of aliphatic hydroxyl groups is 1. The number of aromatic nitrogens is 1. The highest BCUT2D eigenvalue weighted by molar-refractivity contribution is 5.34. The van der Waals surface area contributed by atoms with Crippen molar-refractivity contribution in [3.63, 3.8) is 0 Å². The zero-order chi connectivity index (χ0) is 11.5. The summed E-state index contributed by atoms with van der Waals surface area (Å²) < 4.78 is 14.2. The van der Waals surface area contributed by atoms with Crippen molar-refractivity contribution in [1.29, 1.82) is 0 Å². The maximum Gasteiger partial charge on any atom is 0.255 e. The summed E-state index contributed by atoms with van der Waals surface area (Å²) in [7, 11) is 0. The van der Waals surface area contributed by atoms with Crippen LogP contribution in [0.4, 0.5) is 4.39 Å². The highest BCUT2D eigenvalue weighted by atomic mass is 19.1. The Labute approximate surface area is 91.4 Å². The Balaban J connectivity index is 2.50. The number of pyridine rings is 1. The van der Waals surface area contributed by atoms with E-state index in [2.05, 4.69) is 0 Å². The first-order chi connectivity index (χ1) is 7.70. The van der Waals surface area contributed by atoms with E-state index in [0.717, 1.165) is 17.8 Å². The summed E-state index contributed by atoms with van der Waals surface area (Å²) in [4.78, 5) is 11.5. The molecule has 0 unspecified atom stereocenters. The van der Waals surface area contributed by atoms with Gasteiger partial charge < -0.3 is 5.11 Å². The number of benzene rings is 1. The van der Waals surface area contributed by atoms with E-state index in [4.69, 9.17) is 5.11 Å². The van der Waals surface area contributed by atoms with Gasteiger partial charge in [-0.3, -0.25) is 9.36 Å². The molecule has 16 heavy (non-hydrogen) atoms. The van der Waals surface area contributed by atoms with Crippen molar-refractivity contribution in [3.8, 4) is 5.69 Å². The number of rotatable bonds is 2. The SMILES string of the molecule is O=c1ccc(F)cn1-c1ccc(CO)cc1. The normalized spacial score (nSPS) is 10.4. The second-order valence-corrected chi connectivity index (χ2v) is 3.38. The molecular formula is C12H10FNO2. The van der Waals surface area contributed by atoms with Crippen molar-refractivity contribution in [2.24, 2.45) is 0 Å². The lowest BCUT2D eigenvalue weighted by Gasteiger charge is -2.05. The summed E-state index contributed by atoms with van der Waals surface area (Å²) in [6.07, 6.45) is 1.14. The zero-order valence-electron chi connectivity index (χ0n) is 8.43. The quantitative estimate of drug-likeness (QED) is 0.831. The van der Waals surface area contributed by atoms with E-state index in [-0.39, 0.29) is 12.2 Å². The van der Waals surface area contributed by atoms with Gasteiger partial charge in [0.1, 0.15) is 5.82 Å². The van der Waals surface area contributed by atoms with Gasteiger partial charge in [-0.2, -0.15) is 0 Å². The predicted molar refractivity (Wildman–Crippen MR) is 57.9 cm³/mol. The molecule has 2 aromatic rings. The molecule has 0 aliphatic heterocycles. The summed E-state index contributed by atoms with van der Waals surface area (Å²) in [6.45, 7) is -0.0572. The lowest BCUT2D eigenvalue weighted by atomic mass is 10.2. The van der Waals surface area contributed by atoms with E-state index in [1.807, 2.05) is 0 Å². The molecule has 1 aromatic carbocycles. The van der Waals surface area contributed by atoms with Gasteiger partial charge in [-0.15, -0.1) is 0 Å². The van der Waals surface area contributed by atoms with Gasteiger partial charge in [0.2, 0.25) is 0 Å². The molecule has 0 spiro atoms. The average Bonchev–Trinajstić information content (AvgIpc) is 2.32. The molecule has 1 N–H and O–H groups in total. The standard InChI is InChI=1S/C12H10FNO2/c13-10-3-6-12(16)14(7-10)11-4-1-9(8-15)2-5-11/h1-7,15H,8H2. The average molecular weight is 219 g/mol. The Morgan fingerprint density at radius 3 is 2.44 bits per heavy atom. The molecule has 3 nitrogen and oxygen atoms in total. The number of hydrogen-bond donors (Lipinski definition) is 1. The highest BCUT2D eigenvalue weighted by Crippen LogP contribution is 2.08. The van der Waals surface area contributed by atoms with Gasteiger partial charge in [-0.05, 0) is 23.8 Å². The van der Waals surface area contributed by atoms with Gasteiger partial charge in [0.05, 0.1) is 6.61 Å². The lowest BCUT2D eigenvalue weighted by Crippen LogP contribution is -2.16. The molecule has 4 heteroatoms. The molecule has 0 bridgehead atoms. The fraction of sp³-hybridized carbons (Fsp3) is 0.0833. The highest BCUT2D eigenvalue weighted by Gasteiger charge is 2.01. The van der Waals surface area contributed by atoms with Crippen LogP contribution in [-0.4, -0.2) is 9.67 Å². The maximum atomic E-state index is 13.0. The van der Waals surface area contributed by atoms with Crippen LogP contribution in [0.5, 0.6) is 0 Å². The fourth-order valence-electron chi connectivity index (χ4n) is 1.42. The predicted octanol–water partition coefficient (Wildman–Crippen LogP) is 1.47. The van der Waals surface area contributed by atoms with Gasteiger partial charge in [0.15, 0.2) is 0 Å². The van der Waals surface area contributed by atoms with Crippen molar-refractivity contribution in [1.82, 2.24) is 4.57 Å². The van der Waals surface area contributed by atoms with Gasteiger partial charge in [0.25, 0.3) is 5.56 Å². The first-order valence-electron chi connectivity index (χ1n) is 4.79. The van der Waals surface area contributed by atoms with E-state index in [1.165, 1.54) is 10.6 Å². The summed E-state index contributed by atoms with van der Waals surface area (Å²) in [5, 5.41) is 8.87. The van der Waals surface area contributed by atoms with Gasteiger partial charge in [0, 0.05) is 18.0 Å². The first-order valence-corrected chi connectivity index (χ1v) is 4.79. The van der Waals surface area contributed by atoms with Crippen LogP contribution in [0.2, 0.25) is 0 Å². The lowest BCUT2D eigenvalue weighted by molar-refractivity contribution is 0.282. The van der Waals surface area contributed by atoms with Crippen LogP contribution >= 0.6 is 0 Å². The van der Waals surface area contributed by atoms with Crippen molar-refractivity contribution in [2.75, 3.05) is 0 Å². The Bertz CT molecular complexity index is 546. The van der Waals surface area contributed by atoms with Crippen molar-refractivity contribution in [3.05, 3.63) is 64.3 Å². The van der Waals surface area contributed by atoms with Crippen LogP contribution in [0.3, 0.4) is 0 Å². The monoisotopic (exact) mass is 219 g/mol. The Hall–Kier alpha value is -1.94. The Kier molecular flexibility index (Phi) is 2.83. The molecule has 0 aliphatic carbocycles. The van der Waals surface area contributed by atoms with Crippen molar-refractivity contribution < 1.29 is 9.50 Å². The molecule has 0 aliphatic rings. The van der Waals surface area contributed by atoms with Gasteiger partial charge in [-0.25, -0.2) is 4.39 Å². The first kappa shape index (κ1) is 10.6.